The smallest absolute Gasteiger partial charge is 0.143 e. The van der Waals surface area contributed by atoms with Gasteiger partial charge in [0.05, 0.1) is 17.6 Å². The van der Waals surface area contributed by atoms with E-state index in [9.17, 15) is 10.1 Å². The van der Waals surface area contributed by atoms with Crippen LogP contribution in [0.1, 0.15) is 58.8 Å². The predicted molar refractivity (Wildman–Crippen MR) is 90.6 cm³/mol. The van der Waals surface area contributed by atoms with Gasteiger partial charge in [-0.05, 0) is 30.9 Å². The summed E-state index contributed by atoms with van der Waals surface area (Å²) in [5.41, 5.74) is 1.58. The zero-order valence-corrected chi connectivity index (χ0v) is 14.6. The summed E-state index contributed by atoms with van der Waals surface area (Å²) in [6.45, 7) is 4.30. The number of hydrogen-bond acceptors (Lipinski definition) is 4. The summed E-state index contributed by atoms with van der Waals surface area (Å²) in [5, 5.41) is 10.6. The summed E-state index contributed by atoms with van der Waals surface area (Å²) in [6.07, 6.45) is 8.88. The second kappa shape index (κ2) is 5.53. The van der Waals surface area contributed by atoms with Gasteiger partial charge in [-0.15, -0.1) is 11.8 Å². The third-order valence-corrected chi connectivity index (χ3v) is 6.21. The lowest BCUT2D eigenvalue weighted by Gasteiger charge is -2.49. The van der Waals surface area contributed by atoms with E-state index < -0.39 is 0 Å². The Bertz CT molecular complexity index is 603. The summed E-state index contributed by atoms with van der Waals surface area (Å²) in [4.78, 5) is 17.7. The van der Waals surface area contributed by atoms with E-state index in [1.807, 2.05) is 6.26 Å². The van der Waals surface area contributed by atoms with Gasteiger partial charge in [0.25, 0.3) is 0 Å². The first-order valence-electron chi connectivity index (χ1n) is 8.22. The van der Waals surface area contributed by atoms with E-state index in [2.05, 4.69) is 19.9 Å². The minimum atomic E-state index is -0.254. The Morgan fingerprint density at radius 2 is 1.91 bits per heavy atom. The van der Waals surface area contributed by atoms with Crippen molar-refractivity contribution in [1.29, 1.82) is 5.26 Å². The summed E-state index contributed by atoms with van der Waals surface area (Å²) >= 11 is 1.56. The number of rotatable bonds is 1. The van der Waals surface area contributed by atoms with Gasteiger partial charge in [0.15, 0.2) is 0 Å². The lowest BCUT2D eigenvalue weighted by Crippen LogP contribution is -2.50. The quantitative estimate of drug-likeness (QED) is 0.716. The molecule has 1 spiro atoms. The van der Waals surface area contributed by atoms with Gasteiger partial charge < -0.3 is 0 Å². The van der Waals surface area contributed by atoms with E-state index in [0.29, 0.717) is 12.2 Å². The molecular weight excluding hydrogens is 292 g/mol. The highest BCUT2D eigenvalue weighted by atomic mass is 32.2. The topological polar surface area (TPSA) is 53.2 Å². The molecule has 0 aromatic rings. The Labute approximate surface area is 137 Å². The lowest BCUT2D eigenvalue weighted by atomic mass is 9.54. The standard InChI is InChI=1S/C18H24N2OS/c1-17(2)9-13-15(14(21)10-17)18(7-5-4-6-8-18)12(11-19)16(20-13)22-3/h15H,4-10H2,1-3H3. The number of fused-ring (bicyclic) bond motifs is 2. The molecule has 2 aliphatic carbocycles. The highest BCUT2D eigenvalue weighted by Crippen LogP contribution is 2.56. The number of ketones is 1. The number of hydrogen-bond donors (Lipinski definition) is 0. The van der Waals surface area contributed by atoms with Crippen LogP contribution in [0.15, 0.2) is 15.6 Å². The third-order valence-electron chi connectivity index (χ3n) is 5.53. The van der Waals surface area contributed by atoms with Crippen LogP contribution in [0.2, 0.25) is 0 Å². The highest BCUT2D eigenvalue weighted by molar-refractivity contribution is 8.02. The Morgan fingerprint density at radius 3 is 2.50 bits per heavy atom. The largest absolute Gasteiger partial charge is 0.299 e. The van der Waals surface area contributed by atoms with Crippen LogP contribution < -0.4 is 0 Å². The average Bonchev–Trinajstić information content (AvgIpc) is 2.45. The summed E-state index contributed by atoms with van der Waals surface area (Å²) in [6, 6.07) is 2.44. The molecule has 3 aliphatic rings. The fraction of sp³-hybridized carbons (Fsp3) is 0.722. The maximum absolute atomic E-state index is 13.0. The van der Waals surface area contributed by atoms with Gasteiger partial charge in [0, 0.05) is 17.5 Å². The number of aliphatic imine (C=N–C) groups is 1. The molecule has 0 bridgehead atoms. The molecule has 0 aromatic heterocycles. The van der Waals surface area contributed by atoms with Gasteiger partial charge in [0.2, 0.25) is 0 Å². The van der Waals surface area contributed by atoms with Crippen LogP contribution in [-0.2, 0) is 4.79 Å². The molecule has 3 rings (SSSR count). The van der Waals surface area contributed by atoms with E-state index in [4.69, 9.17) is 4.99 Å². The van der Waals surface area contributed by atoms with Crippen LogP contribution in [-0.4, -0.2) is 17.8 Å². The Kier molecular flexibility index (Phi) is 3.97. The number of nitriles is 1. The fourth-order valence-corrected chi connectivity index (χ4v) is 5.38. The van der Waals surface area contributed by atoms with Gasteiger partial charge >= 0.3 is 0 Å². The van der Waals surface area contributed by atoms with Crippen LogP contribution in [0.4, 0.5) is 0 Å². The maximum atomic E-state index is 13.0. The fourth-order valence-electron chi connectivity index (χ4n) is 4.72. The number of allylic oxidation sites excluding steroid dienone is 1. The van der Waals surface area contributed by atoms with Crippen LogP contribution in [0, 0.1) is 28.1 Å². The Morgan fingerprint density at radius 1 is 1.23 bits per heavy atom. The van der Waals surface area contributed by atoms with E-state index in [-0.39, 0.29) is 16.7 Å². The number of Topliss-reactive ketones (excluding diaryl/α,β-unsaturated/α-hetero) is 1. The van der Waals surface area contributed by atoms with E-state index in [1.54, 1.807) is 11.8 Å². The van der Waals surface area contributed by atoms with Gasteiger partial charge in [-0.25, -0.2) is 4.99 Å². The lowest BCUT2D eigenvalue weighted by molar-refractivity contribution is -0.127. The van der Waals surface area contributed by atoms with Gasteiger partial charge in [-0.2, -0.15) is 5.26 Å². The molecule has 118 valence electrons. The number of thioether (sulfide) groups is 1. The molecule has 22 heavy (non-hydrogen) atoms. The molecule has 1 atom stereocenters. The molecule has 0 N–H and O–H groups in total. The second-order valence-electron chi connectivity index (χ2n) is 7.73. The molecular formula is C18H24N2OS. The molecule has 3 nitrogen and oxygen atoms in total. The monoisotopic (exact) mass is 316 g/mol. The van der Waals surface area contributed by atoms with Crippen molar-refractivity contribution in [2.45, 2.75) is 58.8 Å². The minimum absolute atomic E-state index is 0.00403. The molecule has 4 heteroatoms. The first kappa shape index (κ1) is 15.8. The molecule has 0 radical (unpaired) electrons. The predicted octanol–water partition coefficient (Wildman–Crippen LogP) is 4.49. The zero-order valence-electron chi connectivity index (χ0n) is 13.7. The Balaban J connectivity index is 2.16. The normalized spacial score (nSPS) is 29.8. The number of carbonyl (C=O) groups excluding carboxylic acids is 1. The van der Waals surface area contributed by atoms with Crippen LogP contribution in [0.25, 0.3) is 0 Å². The van der Waals surface area contributed by atoms with Gasteiger partial charge in [-0.3, -0.25) is 4.79 Å². The van der Waals surface area contributed by atoms with E-state index >= 15 is 0 Å². The molecule has 0 amide bonds. The van der Waals surface area contributed by atoms with Crippen molar-refractivity contribution in [3.63, 3.8) is 0 Å². The summed E-state index contributed by atoms with van der Waals surface area (Å²) in [7, 11) is 0. The minimum Gasteiger partial charge on any atom is -0.299 e. The summed E-state index contributed by atoms with van der Waals surface area (Å²) in [5.74, 6) is 0.177. The van der Waals surface area contributed by atoms with Crippen molar-refractivity contribution in [1.82, 2.24) is 0 Å². The van der Waals surface area contributed by atoms with Crippen molar-refractivity contribution in [3.05, 3.63) is 10.6 Å². The van der Waals surface area contributed by atoms with E-state index in [0.717, 1.165) is 48.4 Å². The molecule has 0 aromatic carbocycles. The molecule has 0 saturated heterocycles. The number of carbonyl (C=O) groups is 1. The van der Waals surface area contributed by atoms with Crippen molar-refractivity contribution >= 4 is 23.3 Å². The molecule has 1 unspecified atom stereocenters. The van der Waals surface area contributed by atoms with Crippen LogP contribution in [0.5, 0.6) is 0 Å². The van der Waals surface area contributed by atoms with Gasteiger partial charge in [0.1, 0.15) is 10.8 Å². The molecule has 2 fully saturated rings. The second-order valence-corrected chi connectivity index (χ2v) is 8.53. The van der Waals surface area contributed by atoms with Crippen molar-refractivity contribution in [2.75, 3.05) is 6.26 Å². The van der Waals surface area contributed by atoms with Crippen molar-refractivity contribution < 1.29 is 4.79 Å². The van der Waals surface area contributed by atoms with Crippen LogP contribution in [0.3, 0.4) is 0 Å². The summed E-state index contributed by atoms with van der Waals surface area (Å²) < 4.78 is 0. The molecule has 2 saturated carbocycles. The SMILES string of the molecule is CSC1=C(C#N)C2(CCCCC2)C2C(=O)CC(C)(C)CC2=N1. The van der Waals surface area contributed by atoms with Crippen LogP contribution >= 0.6 is 11.8 Å². The average molecular weight is 316 g/mol. The molecule has 1 heterocycles. The highest BCUT2D eigenvalue weighted by Gasteiger charge is 2.54. The van der Waals surface area contributed by atoms with Crippen molar-refractivity contribution in [2.24, 2.45) is 21.7 Å². The first-order chi connectivity index (χ1) is 10.4. The third kappa shape index (κ3) is 2.34. The Hall–Kier alpha value is -1.08. The van der Waals surface area contributed by atoms with Gasteiger partial charge in [-0.1, -0.05) is 33.1 Å². The number of nitrogens with zero attached hydrogens (tertiary/aromatic N) is 2. The first-order valence-corrected chi connectivity index (χ1v) is 9.45. The maximum Gasteiger partial charge on any atom is 0.143 e. The van der Waals surface area contributed by atoms with E-state index in [1.165, 1.54) is 6.42 Å². The zero-order chi connectivity index (χ0) is 16.0. The molecule has 1 aliphatic heterocycles. The van der Waals surface area contributed by atoms with Crippen molar-refractivity contribution in [3.8, 4) is 6.07 Å².